The smallest absolute Gasteiger partial charge is 0.123 e. The average Bonchev–Trinajstić information content (AvgIpc) is 2.36. The highest BCUT2D eigenvalue weighted by Gasteiger charge is 2.15. The molecule has 0 bridgehead atoms. The molecule has 2 unspecified atom stereocenters. The van der Waals surface area contributed by atoms with Gasteiger partial charge >= 0.3 is 0 Å². The van der Waals surface area contributed by atoms with Crippen molar-refractivity contribution < 1.29 is 4.74 Å². The minimum Gasteiger partial charge on any atom is -0.496 e. The van der Waals surface area contributed by atoms with Crippen LogP contribution in [0.25, 0.3) is 0 Å². The van der Waals surface area contributed by atoms with Crippen molar-refractivity contribution in [3.8, 4) is 5.75 Å². The molecule has 17 heavy (non-hydrogen) atoms. The van der Waals surface area contributed by atoms with Gasteiger partial charge in [0.15, 0.2) is 0 Å². The van der Waals surface area contributed by atoms with E-state index < -0.39 is 0 Å². The molecular formula is C14H23NOS. The molecule has 0 fully saturated rings. The largest absolute Gasteiger partial charge is 0.496 e. The van der Waals surface area contributed by atoms with Crippen molar-refractivity contribution in [2.75, 3.05) is 19.1 Å². The first kappa shape index (κ1) is 14.4. The van der Waals surface area contributed by atoms with E-state index in [9.17, 15) is 0 Å². The topological polar surface area (TPSA) is 21.3 Å². The fourth-order valence-corrected chi connectivity index (χ4v) is 2.62. The third-order valence-corrected chi connectivity index (χ3v) is 3.66. The zero-order valence-electron chi connectivity index (χ0n) is 11.2. The van der Waals surface area contributed by atoms with E-state index in [4.69, 9.17) is 4.74 Å². The Labute approximate surface area is 109 Å². The normalized spacial score (nSPS) is 14.4. The molecule has 0 aliphatic rings. The number of para-hydroxylation sites is 1. The number of methoxy groups -OCH3 is 1. The number of rotatable bonds is 7. The Hall–Kier alpha value is -0.670. The van der Waals surface area contributed by atoms with Crippen LogP contribution in [0.3, 0.4) is 0 Å². The molecule has 1 aromatic carbocycles. The molecule has 0 aliphatic carbocycles. The van der Waals surface area contributed by atoms with Gasteiger partial charge in [0.25, 0.3) is 0 Å². The van der Waals surface area contributed by atoms with Crippen LogP contribution in [0.4, 0.5) is 0 Å². The van der Waals surface area contributed by atoms with Crippen molar-refractivity contribution in [1.29, 1.82) is 0 Å². The van der Waals surface area contributed by atoms with Crippen LogP contribution >= 0.6 is 11.8 Å². The Bertz CT molecular complexity index is 330. The summed E-state index contributed by atoms with van der Waals surface area (Å²) >= 11 is 1.87. The molecule has 2 nitrogen and oxygen atoms in total. The molecule has 0 spiro atoms. The van der Waals surface area contributed by atoms with Gasteiger partial charge in [0.1, 0.15) is 5.75 Å². The second-order valence-electron chi connectivity index (χ2n) is 4.23. The van der Waals surface area contributed by atoms with Gasteiger partial charge in [-0.15, -0.1) is 0 Å². The highest BCUT2D eigenvalue weighted by Crippen LogP contribution is 2.27. The van der Waals surface area contributed by atoms with E-state index in [0.29, 0.717) is 12.1 Å². The van der Waals surface area contributed by atoms with Crippen molar-refractivity contribution in [3.05, 3.63) is 29.8 Å². The van der Waals surface area contributed by atoms with Crippen LogP contribution in [0.15, 0.2) is 24.3 Å². The van der Waals surface area contributed by atoms with Gasteiger partial charge in [-0.05, 0) is 25.7 Å². The first-order valence-electron chi connectivity index (χ1n) is 6.10. The van der Waals surface area contributed by atoms with Crippen LogP contribution in [-0.2, 0) is 0 Å². The molecule has 0 radical (unpaired) electrons. The molecule has 0 aromatic heterocycles. The summed E-state index contributed by atoms with van der Waals surface area (Å²) in [4.78, 5) is 0. The molecule has 1 aromatic rings. The standard InChI is InChI=1S/C14H23NOS/c1-5-13(15-11(2)10-17-4)12-8-6-7-9-14(12)16-3/h6-9,11,13,15H,5,10H2,1-4H3. The van der Waals surface area contributed by atoms with Gasteiger partial charge in [0.05, 0.1) is 7.11 Å². The van der Waals surface area contributed by atoms with E-state index in [0.717, 1.165) is 17.9 Å². The monoisotopic (exact) mass is 253 g/mol. The van der Waals surface area contributed by atoms with Crippen LogP contribution < -0.4 is 10.1 Å². The lowest BCUT2D eigenvalue weighted by Gasteiger charge is -2.23. The third-order valence-electron chi connectivity index (χ3n) is 2.82. The maximum atomic E-state index is 5.42. The lowest BCUT2D eigenvalue weighted by atomic mass is 10.0. The number of ether oxygens (including phenoxy) is 1. The molecule has 0 saturated heterocycles. The van der Waals surface area contributed by atoms with Gasteiger partial charge in [0.2, 0.25) is 0 Å². The predicted molar refractivity (Wildman–Crippen MR) is 77.0 cm³/mol. The lowest BCUT2D eigenvalue weighted by Crippen LogP contribution is -2.32. The molecule has 0 saturated carbocycles. The summed E-state index contributed by atoms with van der Waals surface area (Å²) in [5.41, 5.74) is 1.26. The molecule has 0 amide bonds. The quantitative estimate of drug-likeness (QED) is 0.804. The van der Waals surface area contributed by atoms with Crippen molar-refractivity contribution in [3.63, 3.8) is 0 Å². The van der Waals surface area contributed by atoms with Crippen LogP contribution in [0.1, 0.15) is 31.9 Å². The minimum atomic E-state index is 0.369. The fourth-order valence-electron chi connectivity index (χ4n) is 2.02. The maximum Gasteiger partial charge on any atom is 0.123 e. The Morgan fingerprint density at radius 2 is 2.06 bits per heavy atom. The second kappa shape index (κ2) is 7.62. The first-order valence-corrected chi connectivity index (χ1v) is 7.50. The van der Waals surface area contributed by atoms with E-state index in [1.165, 1.54) is 5.56 Å². The summed E-state index contributed by atoms with van der Waals surface area (Å²) in [6.45, 7) is 4.44. The molecule has 0 heterocycles. The van der Waals surface area contributed by atoms with E-state index in [2.05, 4.69) is 37.6 Å². The molecule has 1 N–H and O–H groups in total. The highest BCUT2D eigenvalue weighted by molar-refractivity contribution is 7.98. The van der Waals surface area contributed by atoms with Gasteiger partial charge in [-0.2, -0.15) is 11.8 Å². The van der Waals surface area contributed by atoms with E-state index >= 15 is 0 Å². The summed E-state index contributed by atoms with van der Waals surface area (Å²) in [6.07, 6.45) is 3.21. The number of thioether (sulfide) groups is 1. The summed E-state index contributed by atoms with van der Waals surface area (Å²) < 4.78 is 5.42. The fraction of sp³-hybridized carbons (Fsp3) is 0.571. The summed E-state index contributed by atoms with van der Waals surface area (Å²) in [6, 6.07) is 9.14. The Kier molecular flexibility index (Phi) is 6.45. The lowest BCUT2D eigenvalue weighted by molar-refractivity contribution is 0.391. The molecule has 2 atom stereocenters. The van der Waals surface area contributed by atoms with E-state index in [1.54, 1.807) is 7.11 Å². The van der Waals surface area contributed by atoms with E-state index in [-0.39, 0.29) is 0 Å². The molecule has 3 heteroatoms. The number of benzene rings is 1. The van der Waals surface area contributed by atoms with Crippen molar-refractivity contribution >= 4 is 11.8 Å². The first-order chi connectivity index (χ1) is 8.22. The minimum absolute atomic E-state index is 0.369. The third kappa shape index (κ3) is 4.25. The zero-order chi connectivity index (χ0) is 12.7. The SMILES string of the molecule is CCC(NC(C)CSC)c1ccccc1OC. The summed E-state index contributed by atoms with van der Waals surface area (Å²) in [5.74, 6) is 2.11. The zero-order valence-corrected chi connectivity index (χ0v) is 12.0. The van der Waals surface area contributed by atoms with Crippen molar-refractivity contribution in [2.24, 2.45) is 0 Å². The van der Waals surface area contributed by atoms with Crippen molar-refractivity contribution in [2.45, 2.75) is 32.4 Å². The van der Waals surface area contributed by atoms with Gasteiger partial charge in [-0.3, -0.25) is 0 Å². The maximum absolute atomic E-state index is 5.42. The Morgan fingerprint density at radius 1 is 1.35 bits per heavy atom. The van der Waals surface area contributed by atoms with Crippen LogP contribution in [-0.4, -0.2) is 25.2 Å². The number of hydrogen-bond acceptors (Lipinski definition) is 3. The van der Waals surface area contributed by atoms with Gasteiger partial charge < -0.3 is 10.1 Å². The van der Waals surface area contributed by atoms with Crippen LogP contribution in [0.5, 0.6) is 5.75 Å². The average molecular weight is 253 g/mol. The second-order valence-corrected chi connectivity index (χ2v) is 5.14. The van der Waals surface area contributed by atoms with Crippen LogP contribution in [0.2, 0.25) is 0 Å². The Morgan fingerprint density at radius 3 is 2.65 bits per heavy atom. The summed E-state index contributed by atoms with van der Waals surface area (Å²) in [5, 5.41) is 3.66. The molecule has 1 rings (SSSR count). The Balaban J connectivity index is 2.78. The van der Waals surface area contributed by atoms with Gasteiger partial charge in [0, 0.05) is 23.4 Å². The van der Waals surface area contributed by atoms with Crippen LogP contribution in [0, 0.1) is 0 Å². The van der Waals surface area contributed by atoms with E-state index in [1.807, 2.05) is 23.9 Å². The number of hydrogen-bond donors (Lipinski definition) is 1. The molecule has 0 aliphatic heterocycles. The highest BCUT2D eigenvalue weighted by atomic mass is 32.2. The predicted octanol–water partition coefficient (Wildman–Crippen LogP) is 3.49. The molecule has 96 valence electrons. The van der Waals surface area contributed by atoms with Crippen molar-refractivity contribution in [1.82, 2.24) is 5.32 Å². The van der Waals surface area contributed by atoms with Gasteiger partial charge in [-0.1, -0.05) is 25.1 Å². The van der Waals surface area contributed by atoms with Gasteiger partial charge in [-0.25, -0.2) is 0 Å². The summed E-state index contributed by atoms with van der Waals surface area (Å²) in [7, 11) is 1.73. The molecular weight excluding hydrogens is 230 g/mol. The number of nitrogens with one attached hydrogen (secondary N) is 1.